The van der Waals surface area contributed by atoms with Crippen LogP contribution in [-0.4, -0.2) is 24.0 Å². The van der Waals surface area contributed by atoms with Gasteiger partial charge in [0.2, 0.25) is 0 Å². The fraction of sp³-hybridized carbons (Fsp3) is 0.647. The first-order valence-corrected chi connectivity index (χ1v) is 7.24. The van der Waals surface area contributed by atoms with Crippen molar-refractivity contribution in [3.05, 3.63) is 34.4 Å². The van der Waals surface area contributed by atoms with E-state index in [9.17, 15) is 0 Å². The molecule has 4 unspecified atom stereocenters. The predicted octanol–water partition coefficient (Wildman–Crippen LogP) is 3.81. The Morgan fingerprint density at radius 3 is 2.56 bits per heavy atom. The Bertz CT molecular complexity index is 491. The van der Waals surface area contributed by atoms with Crippen LogP contribution < -0.4 is 0 Å². The predicted molar refractivity (Wildman–Crippen MR) is 77.2 cm³/mol. The standard InChI is InChI=1S/C17H25N/c1-11-8-12(2)13(3)15(9-11)16-14(4)18-7-6-17(16,5)10-18/h8-9,14,16H,6-7,10H2,1-5H3. The van der Waals surface area contributed by atoms with Gasteiger partial charge in [-0.05, 0) is 62.8 Å². The minimum absolute atomic E-state index is 0.504. The highest BCUT2D eigenvalue weighted by molar-refractivity contribution is 5.42. The summed E-state index contributed by atoms with van der Waals surface area (Å²) in [6.07, 6.45) is 1.37. The first-order chi connectivity index (χ1) is 8.42. The monoisotopic (exact) mass is 243 g/mol. The lowest BCUT2D eigenvalue weighted by atomic mass is 9.69. The van der Waals surface area contributed by atoms with Gasteiger partial charge >= 0.3 is 0 Å². The third kappa shape index (κ3) is 1.56. The summed E-state index contributed by atoms with van der Waals surface area (Å²) in [5.41, 5.74) is 6.52. The molecule has 0 aliphatic carbocycles. The molecular formula is C17H25N. The molecule has 1 nitrogen and oxygen atoms in total. The van der Waals surface area contributed by atoms with E-state index in [-0.39, 0.29) is 0 Å². The molecule has 0 radical (unpaired) electrons. The molecule has 0 saturated carbocycles. The number of piperidine rings is 1. The van der Waals surface area contributed by atoms with E-state index in [1.54, 1.807) is 5.56 Å². The number of aryl methyl sites for hydroxylation is 2. The van der Waals surface area contributed by atoms with Crippen LogP contribution in [0.5, 0.6) is 0 Å². The molecule has 2 bridgehead atoms. The summed E-state index contributed by atoms with van der Waals surface area (Å²) >= 11 is 0. The number of nitrogens with zero attached hydrogens (tertiary/aromatic N) is 1. The fourth-order valence-corrected chi connectivity index (χ4v) is 4.45. The molecule has 0 aromatic heterocycles. The van der Waals surface area contributed by atoms with Gasteiger partial charge in [-0.1, -0.05) is 24.6 Å². The second kappa shape index (κ2) is 3.84. The minimum Gasteiger partial charge on any atom is -0.299 e. The van der Waals surface area contributed by atoms with E-state index < -0.39 is 0 Å². The van der Waals surface area contributed by atoms with Gasteiger partial charge in [0.05, 0.1) is 0 Å². The molecule has 1 aromatic carbocycles. The molecule has 0 N–H and O–H groups in total. The summed E-state index contributed by atoms with van der Waals surface area (Å²) in [7, 11) is 0. The number of hydrogen-bond acceptors (Lipinski definition) is 1. The summed E-state index contributed by atoms with van der Waals surface area (Å²) in [5.74, 6) is 0.727. The highest BCUT2D eigenvalue weighted by Gasteiger charge is 2.52. The Balaban J connectivity index is 2.11. The third-order valence-corrected chi connectivity index (χ3v) is 5.53. The largest absolute Gasteiger partial charge is 0.299 e. The van der Waals surface area contributed by atoms with Crippen molar-refractivity contribution < 1.29 is 0 Å². The van der Waals surface area contributed by atoms with Crippen molar-refractivity contribution in [2.24, 2.45) is 5.41 Å². The van der Waals surface area contributed by atoms with Crippen molar-refractivity contribution in [3.8, 4) is 0 Å². The highest BCUT2D eigenvalue weighted by Crippen LogP contribution is 2.54. The van der Waals surface area contributed by atoms with E-state index in [0.29, 0.717) is 11.5 Å². The number of benzene rings is 1. The van der Waals surface area contributed by atoms with Crippen LogP contribution in [0.15, 0.2) is 12.1 Å². The average molecular weight is 243 g/mol. The zero-order valence-corrected chi connectivity index (χ0v) is 12.4. The Morgan fingerprint density at radius 2 is 1.94 bits per heavy atom. The maximum Gasteiger partial charge on any atom is 0.0142 e. The van der Waals surface area contributed by atoms with Crippen molar-refractivity contribution in [3.63, 3.8) is 0 Å². The molecule has 0 spiro atoms. The van der Waals surface area contributed by atoms with Gasteiger partial charge in [-0.25, -0.2) is 0 Å². The van der Waals surface area contributed by atoms with Crippen LogP contribution in [-0.2, 0) is 0 Å². The van der Waals surface area contributed by atoms with Crippen LogP contribution in [0.2, 0.25) is 0 Å². The van der Waals surface area contributed by atoms with Crippen molar-refractivity contribution in [1.29, 1.82) is 0 Å². The third-order valence-electron chi connectivity index (χ3n) is 5.53. The number of rotatable bonds is 1. The summed E-state index contributed by atoms with van der Waals surface area (Å²) in [4.78, 5) is 2.68. The summed E-state index contributed by atoms with van der Waals surface area (Å²) < 4.78 is 0. The molecule has 1 heteroatoms. The smallest absolute Gasteiger partial charge is 0.0142 e. The molecule has 1 aromatic rings. The zero-order chi connectivity index (χ0) is 13.1. The Morgan fingerprint density at radius 1 is 1.22 bits per heavy atom. The molecule has 3 rings (SSSR count). The lowest BCUT2D eigenvalue weighted by Gasteiger charge is -2.37. The van der Waals surface area contributed by atoms with Crippen LogP contribution in [0.3, 0.4) is 0 Å². The molecule has 4 atom stereocenters. The van der Waals surface area contributed by atoms with Crippen molar-refractivity contribution in [2.45, 2.75) is 53.0 Å². The van der Waals surface area contributed by atoms with Gasteiger partial charge in [0.1, 0.15) is 0 Å². The highest BCUT2D eigenvalue weighted by atomic mass is 15.2. The molecule has 2 saturated heterocycles. The Hall–Kier alpha value is -0.820. The Kier molecular flexibility index (Phi) is 2.60. The summed E-state index contributed by atoms with van der Waals surface area (Å²) in [6, 6.07) is 5.47. The van der Waals surface area contributed by atoms with Gasteiger partial charge in [-0.15, -0.1) is 0 Å². The van der Waals surface area contributed by atoms with Crippen LogP contribution in [0, 0.1) is 26.2 Å². The average Bonchev–Trinajstić information content (AvgIpc) is 2.78. The topological polar surface area (TPSA) is 3.24 Å². The molecule has 0 amide bonds. The fourth-order valence-electron chi connectivity index (χ4n) is 4.45. The van der Waals surface area contributed by atoms with E-state index in [2.05, 4.69) is 51.7 Å². The lowest BCUT2D eigenvalue weighted by Crippen LogP contribution is -2.35. The Labute approximate surface area is 111 Å². The van der Waals surface area contributed by atoms with E-state index in [1.807, 2.05) is 0 Å². The SMILES string of the molecule is Cc1cc(C)c(C)c(C2C(C)N3CCC2(C)C3)c1. The van der Waals surface area contributed by atoms with Gasteiger partial charge in [0, 0.05) is 18.5 Å². The lowest BCUT2D eigenvalue weighted by molar-refractivity contribution is 0.227. The van der Waals surface area contributed by atoms with E-state index in [1.165, 1.54) is 36.2 Å². The van der Waals surface area contributed by atoms with Crippen LogP contribution in [0.25, 0.3) is 0 Å². The molecule has 98 valence electrons. The van der Waals surface area contributed by atoms with Crippen LogP contribution >= 0.6 is 0 Å². The molecule has 2 fully saturated rings. The number of fused-ring (bicyclic) bond motifs is 2. The van der Waals surface area contributed by atoms with Gasteiger partial charge in [-0.3, -0.25) is 4.90 Å². The zero-order valence-electron chi connectivity index (χ0n) is 12.4. The maximum atomic E-state index is 2.68. The minimum atomic E-state index is 0.504. The van der Waals surface area contributed by atoms with E-state index in [4.69, 9.17) is 0 Å². The van der Waals surface area contributed by atoms with E-state index >= 15 is 0 Å². The van der Waals surface area contributed by atoms with Crippen LogP contribution in [0.1, 0.15) is 48.4 Å². The first kappa shape index (κ1) is 12.2. The molecule has 18 heavy (non-hydrogen) atoms. The summed E-state index contributed by atoms with van der Waals surface area (Å²) in [6.45, 7) is 14.3. The normalized spacial score (nSPS) is 38.4. The van der Waals surface area contributed by atoms with Gasteiger partial charge < -0.3 is 0 Å². The molecular weight excluding hydrogens is 218 g/mol. The van der Waals surface area contributed by atoms with Crippen molar-refractivity contribution in [2.75, 3.05) is 13.1 Å². The molecule has 2 aliphatic heterocycles. The first-order valence-electron chi connectivity index (χ1n) is 7.24. The molecule has 2 aliphatic rings. The summed E-state index contributed by atoms with van der Waals surface area (Å²) in [5, 5.41) is 0. The second-order valence-corrected chi connectivity index (χ2v) is 6.89. The van der Waals surface area contributed by atoms with Crippen molar-refractivity contribution >= 4 is 0 Å². The van der Waals surface area contributed by atoms with Crippen molar-refractivity contribution in [1.82, 2.24) is 4.90 Å². The van der Waals surface area contributed by atoms with Gasteiger partial charge in [-0.2, -0.15) is 0 Å². The van der Waals surface area contributed by atoms with E-state index in [0.717, 1.165) is 5.92 Å². The maximum absolute atomic E-state index is 2.68. The van der Waals surface area contributed by atoms with Gasteiger partial charge in [0.15, 0.2) is 0 Å². The second-order valence-electron chi connectivity index (χ2n) is 6.89. The number of hydrogen-bond donors (Lipinski definition) is 0. The van der Waals surface area contributed by atoms with Gasteiger partial charge in [0.25, 0.3) is 0 Å². The molecule has 2 heterocycles. The van der Waals surface area contributed by atoms with Crippen LogP contribution in [0.4, 0.5) is 0 Å². The quantitative estimate of drug-likeness (QED) is 0.725.